The number of esters is 4. The van der Waals surface area contributed by atoms with Gasteiger partial charge in [0.15, 0.2) is 6.61 Å². The van der Waals surface area contributed by atoms with Gasteiger partial charge in [0.2, 0.25) is 0 Å². The van der Waals surface area contributed by atoms with Gasteiger partial charge in [0.1, 0.15) is 17.3 Å². The first-order valence-corrected chi connectivity index (χ1v) is 19.3. The molecule has 8 heteroatoms. The zero-order valence-corrected chi connectivity index (χ0v) is 29.0. The molecule has 6 fully saturated rings. The average Bonchev–Trinajstić information content (AvgIpc) is 3.94. The second kappa shape index (κ2) is 12.3. The van der Waals surface area contributed by atoms with Gasteiger partial charge in [-0.3, -0.25) is 14.4 Å². The lowest BCUT2D eigenvalue weighted by Gasteiger charge is -2.39. The highest BCUT2D eigenvalue weighted by Gasteiger charge is 2.66. The minimum atomic E-state index is -0.549. The Morgan fingerprint density at radius 3 is 2.31 bits per heavy atom. The molecule has 0 aromatic carbocycles. The predicted molar refractivity (Wildman–Crippen MR) is 176 cm³/mol. The van der Waals surface area contributed by atoms with Gasteiger partial charge in [-0.2, -0.15) is 0 Å². The molecule has 0 radical (unpaired) electrons. The number of carbonyl (C=O) groups is 4. The van der Waals surface area contributed by atoms with Crippen LogP contribution in [0, 0.1) is 65.1 Å². The molecule has 8 aliphatic carbocycles. The average molecular weight is 663 g/mol. The lowest BCUT2D eigenvalue weighted by molar-refractivity contribution is -0.178. The highest BCUT2D eigenvalue weighted by Crippen LogP contribution is 2.67. The summed E-state index contributed by atoms with van der Waals surface area (Å²) >= 11 is 0. The molecule has 14 atom stereocenters. The Morgan fingerprint density at radius 2 is 1.62 bits per heavy atom. The first-order valence-electron chi connectivity index (χ1n) is 19.3. The van der Waals surface area contributed by atoms with E-state index in [-0.39, 0.29) is 60.5 Å². The van der Waals surface area contributed by atoms with Crippen LogP contribution in [0.2, 0.25) is 0 Å². The lowest BCUT2D eigenvalue weighted by atomic mass is 9.73. The smallest absolute Gasteiger partial charge is 0.344 e. The van der Waals surface area contributed by atoms with E-state index in [9.17, 15) is 19.2 Å². The van der Waals surface area contributed by atoms with Crippen molar-refractivity contribution in [3.63, 3.8) is 0 Å². The quantitative estimate of drug-likeness (QED) is 0.126. The van der Waals surface area contributed by atoms with Gasteiger partial charge in [0.25, 0.3) is 0 Å². The molecule has 0 saturated heterocycles. The van der Waals surface area contributed by atoms with Crippen molar-refractivity contribution in [1.82, 2.24) is 0 Å². The van der Waals surface area contributed by atoms with E-state index in [4.69, 9.17) is 18.9 Å². The van der Waals surface area contributed by atoms with E-state index in [2.05, 4.69) is 32.1 Å². The van der Waals surface area contributed by atoms with E-state index in [1.165, 1.54) is 12.0 Å². The van der Waals surface area contributed by atoms with Gasteiger partial charge in [-0.1, -0.05) is 44.1 Å². The Morgan fingerprint density at radius 1 is 0.833 bits per heavy atom. The number of hydrogen-bond donors (Lipinski definition) is 0. The summed E-state index contributed by atoms with van der Waals surface area (Å²) < 4.78 is 24.1. The molecule has 14 unspecified atom stereocenters. The van der Waals surface area contributed by atoms with Crippen LogP contribution >= 0.6 is 0 Å². The molecule has 0 N–H and O–H groups in total. The van der Waals surface area contributed by atoms with Crippen LogP contribution in [-0.4, -0.2) is 47.8 Å². The highest BCUT2D eigenvalue weighted by molar-refractivity contribution is 5.78. The maximum Gasteiger partial charge on any atom is 0.344 e. The molecule has 0 aromatic rings. The number of allylic oxidation sites excluding steroid dienone is 3. The van der Waals surface area contributed by atoms with Crippen LogP contribution in [0.1, 0.15) is 111 Å². The molecule has 48 heavy (non-hydrogen) atoms. The van der Waals surface area contributed by atoms with Gasteiger partial charge < -0.3 is 18.9 Å². The van der Waals surface area contributed by atoms with Gasteiger partial charge in [-0.25, -0.2) is 4.79 Å². The Bertz CT molecular complexity index is 1400. The van der Waals surface area contributed by atoms with E-state index in [1.54, 1.807) is 6.92 Å². The number of hydrogen-bond acceptors (Lipinski definition) is 8. The maximum absolute atomic E-state index is 13.4. The Kier molecular flexibility index (Phi) is 8.34. The summed E-state index contributed by atoms with van der Waals surface area (Å²) in [6, 6.07) is 0. The first-order chi connectivity index (χ1) is 23.1. The van der Waals surface area contributed by atoms with Gasteiger partial charge >= 0.3 is 23.9 Å². The van der Waals surface area contributed by atoms with Gasteiger partial charge in [0.05, 0.1) is 18.3 Å². The lowest BCUT2D eigenvalue weighted by Crippen LogP contribution is -2.44. The third kappa shape index (κ3) is 5.37. The molecule has 0 amide bonds. The van der Waals surface area contributed by atoms with Crippen molar-refractivity contribution in [2.24, 2.45) is 65.1 Å². The zero-order chi connectivity index (χ0) is 33.4. The SMILES string of the molecule is CCC1(OC(=O)CC(C)OC(=O)C2CC3C=CC2C3)CC2=CCC1C2C1C2CCC1C(CC)(OC(=O)COC(=O)C1CC3CCC1C3)C2. The zero-order valence-electron chi connectivity index (χ0n) is 29.0. The Hall–Kier alpha value is -2.64. The summed E-state index contributed by atoms with van der Waals surface area (Å²) in [6.07, 6.45) is 18.7. The number of carbonyl (C=O) groups excluding carboxylic acids is 4. The summed E-state index contributed by atoms with van der Waals surface area (Å²) in [5, 5.41) is 0. The van der Waals surface area contributed by atoms with Crippen LogP contribution < -0.4 is 0 Å². The predicted octanol–water partition coefficient (Wildman–Crippen LogP) is 6.90. The summed E-state index contributed by atoms with van der Waals surface area (Å²) in [5.41, 5.74) is 0.316. The molecule has 0 aromatic heterocycles. The van der Waals surface area contributed by atoms with Crippen molar-refractivity contribution < 1.29 is 38.1 Å². The monoisotopic (exact) mass is 662 g/mol. The summed E-state index contributed by atoms with van der Waals surface area (Å²) in [4.78, 5) is 52.3. The molecule has 6 saturated carbocycles. The molecule has 8 nitrogen and oxygen atoms in total. The fourth-order valence-electron chi connectivity index (χ4n) is 12.7. The molecule has 8 bridgehead atoms. The van der Waals surface area contributed by atoms with Crippen LogP contribution in [0.5, 0.6) is 0 Å². The van der Waals surface area contributed by atoms with Crippen molar-refractivity contribution >= 4 is 23.9 Å². The fourth-order valence-corrected chi connectivity index (χ4v) is 12.7. The Balaban J connectivity index is 0.883. The van der Waals surface area contributed by atoms with Gasteiger partial charge in [-0.15, -0.1) is 0 Å². The van der Waals surface area contributed by atoms with Crippen LogP contribution in [0.4, 0.5) is 0 Å². The van der Waals surface area contributed by atoms with E-state index >= 15 is 0 Å². The summed E-state index contributed by atoms with van der Waals surface area (Å²) in [7, 11) is 0. The molecule has 262 valence electrons. The molecular weight excluding hydrogens is 608 g/mol. The summed E-state index contributed by atoms with van der Waals surface area (Å²) in [5.74, 6) is 2.20. The van der Waals surface area contributed by atoms with Crippen LogP contribution in [-0.2, 0) is 38.1 Å². The van der Waals surface area contributed by atoms with Crippen molar-refractivity contribution in [3.8, 4) is 0 Å². The van der Waals surface area contributed by atoms with Crippen molar-refractivity contribution in [2.45, 2.75) is 128 Å². The van der Waals surface area contributed by atoms with Crippen LogP contribution in [0.3, 0.4) is 0 Å². The third-order valence-corrected chi connectivity index (χ3v) is 14.8. The van der Waals surface area contributed by atoms with Crippen molar-refractivity contribution in [2.75, 3.05) is 6.61 Å². The molecule has 0 spiro atoms. The third-order valence-electron chi connectivity index (χ3n) is 14.8. The molecule has 0 aliphatic heterocycles. The van der Waals surface area contributed by atoms with Crippen molar-refractivity contribution in [1.29, 1.82) is 0 Å². The van der Waals surface area contributed by atoms with E-state index in [1.807, 2.05) is 0 Å². The topological polar surface area (TPSA) is 105 Å². The summed E-state index contributed by atoms with van der Waals surface area (Å²) in [6.45, 7) is 5.75. The molecule has 8 rings (SSSR count). The number of rotatable bonds is 12. The van der Waals surface area contributed by atoms with Gasteiger partial charge in [-0.05, 0) is 119 Å². The first kappa shape index (κ1) is 32.6. The second-order valence-corrected chi connectivity index (χ2v) is 17.1. The van der Waals surface area contributed by atoms with Crippen LogP contribution in [0.25, 0.3) is 0 Å². The molecular formula is C40H54O8. The highest BCUT2D eigenvalue weighted by atomic mass is 16.6. The van der Waals surface area contributed by atoms with E-state index in [0.717, 1.165) is 77.0 Å². The number of ether oxygens (including phenoxy) is 4. The minimum absolute atomic E-state index is 0.0505. The normalized spacial score (nSPS) is 44.6. The molecule has 8 aliphatic rings. The minimum Gasteiger partial charge on any atom is -0.462 e. The van der Waals surface area contributed by atoms with Crippen LogP contribution in [0.15, 0.2) is 23.8 Å². The fraction of sp³-hybridized carbons (Fsp3) is 0.800. The van der Waals surface area contributed by atoms with E-state index in [0.29, 0.717) is 35.5 Å². The number of fused-ring (bicyclic) bond motifs is 9. The molecule has 0 heterocycles. The second-order valence-electron chi connectivity index (χ2n) is 17.1. The van der Waals surface area contributed by atoms with Crippen molar-refractivity contribution in [3.05, 3.63) is 23.8 Å². The maximum atomic E-state index is 13.4. The van der Waals surface area contributed by atoms with Gasteiger partial charge in [0, 0.05) is 18.3 Å². The standard InChI is InChI=1S/C40H54O8/c1-4-39(47-33(41)14-22(3)46-38(44)30-18-24-7-9-26(30)16-24)19-27-10-12-31(39)35(27)36-28-11-13-32(36)40(5-2,20-28)48-34(42)21-45-37(43)29-17-23-6-8-25(29)15-23/h7,9-10,22-26,28-32,35-36H,4-6,8,11-21H2,1-3H3. The van der Waals surface area contributed by atoms with E-state index < -0.39 is 23.3 Å². The largest absolute Gasteiger partial charge is 0.462 e. The Labute approximate surface area is 285 Å².